The van der Waals surface area contributed by atoms with E-state index in [1.54, 1.807) is 6.07 Å². The van der Waals surface area contributed by atoms with Gasteiger partial charge >= 0.3 is 0 Å². The van der Waals surface area contributed by atoms with Crippen molar-refractivity contribution in [3.63, 3.8) is 0 Å². The van der Waals surface area contributed by atoms with Gasteiger partial charge in [-0.15, -0.1) is 0 Å². The molecule has 1 atom stereocenters. The summed E-state index contributed by atoms with van der Waals surface area (Å²) in [5, 5.41) is 4.03. The third kappa shape index (κ3) is 2.96. The van der Waals surface area contributed by atoms with Crippen LogP contribution in [0.5, 0.6) is 0 Å². The standard InChI is InChI=1S/C16H17ClFN/c1-10-9-13(18)5-6-14(10)16(19-3)12-4-7-15(17)11(2)8-12/h4-9,16,19H,1-3H3. The summed E-state index contributed by atoms with van der Waals surface area (Å²) in [4.78, 5) is 0. The van der Waals surface area contributed by atoms with Crippen molar-refractivity contribution < 1.29 is 4.39 Å². The topological polar surface area (TPSA) is 12.0 Å². The largest absolute Gasteiger partial charge is 0.309 e. The van der Waals surface area contributed by atoms with Crippen molar-refractivity contribution in [2.45, 2.75) is 19.9 Å². The van der Waals surface area contributed by atoms with Gasteiger partial charge in [0.25, 0.3) is 0 Å². The second kappa shape index (κ2) is 5.72. The number of nitrogens with one attached hydrogen (secondary N) is 1. The minimum atomic E-state index is -0.205. The van der Waals surface area contributed by atoms with E-state index in [0.29, 0.717) is 0 Å². The maximum absolute atomic E-state index is 13.2. The highest BCUT2D eigenvalue weighted by Gasteiger charge is 2.15. The number of halogens is 2. The summed E-state index contributed by atoms with van der Waals surface area (Å²) in [7, 11) is 1.90. The summed E-state index contributed by atoms with van der Waals surface area (Å²) in [5.41, 5.74) is 4.18. The highest BCUT2D eigenvalue weighted by Crippen LogP contribution is 2.27. The predicted molar refractivity (Wildman–Crippen MR) is 78.2 cm³/mol. The molecule has 0 spiro atoms. The molecule has 1 N–H and O–H groups in total. The molecule has 0 aliphatic rings. The Morgan fingerprint density at radius 3 is 2.37 bits per heavy atom. The molecule has 0 saturated carbocycles. The smallest absolute Gasteiger partial charge is 0.123 e. The maximum atomic E-state index is 13.2. The lowest BCUT2D eigenvalue weighted by molar-refractivity contribution is 0.621. The van der Waals surface area contributed by atoms with Gasteiger partial charge in [0.15, 0.2) is 0 Å². The van der Waals surface area contributed by atoms with E-state index in [9.17, 15) is 4.39 Å². The van der Waals surface area contributed by atoms with Crippen LogP contribution in [0.2, 0.25) is 5.02 Å². The highest BCUT2D eigenvalue weighted by molar-refractivity contribution is 6.31. The molecule has 0 saturated heterocycles. The highest BCUT2D eigenvalue weighted by atomic mass is 35.5. The van der Waals surface area contributed by atoms with E-state index in [4.69, 9.17) is 11.6 Å². The summed E-state index contributed by atoms with van der Waals surface area (Å²) in [6.07, 6.45) is 0. The molecule has 2 aromatic carbocycles. The van der Waals surface area contributed by atoms with Crippen LogP contribution < -0.4 is 5.32 Å². The van der Waals surface area contributed by atoms with Crippen LogP contribution in [0, 0.1) is 19.7 Å². The number of hydrogen-bond donors (Lipinski definition) is 1. The van der Waals surface area contributed by atoms with Gasteiger partial charge in [-0.2, -0.15) is 0 Å². The Kier molecular flexibility index (Phi) is 4.23. The van der Waals surface area contributed by atoms with Crippen molar-refractivity contribution in [2.24, 2.45) is 0 Å². The van der Waals surface area contributed by atoms with E-state index in [1.807, 2.05) is 39.1 Å². The summed E-state index contributed by atoms with van der Waals surface area (Å²) in [6, 6.07) is 10.9. The number of rotatable bonds is 3. The molecule has 0 aromatic heterocycles. The van der Waals surface area contributed by atoms with E-state index in [2.05, 4.69) is 11.4 Å². The van der Waals surface area contributed by atoms with Gasteiger partial charge in [-0.05, 0) is 61.3 Å². The van der Waals surface area contributed by atoms with Gasteiger partial charge in [-0.25, -0.2) is 4.39 Å². The lowest BCUT2D eigenvalue weighted by Crippen LogP contribution is -2.18. The fourth-order valence-electron chi connectivity index (χ4n) is 2.31. The van der Waals surface area contributed by atoms with Crippen LogP contribution in [0.1, 0.15) is 28.3 Å². The normalized spacial score (nSPS) is 12.5. The Hall–Kier alpha value is -1.38. The molecule has 3 heteroatoms. The van der Waals surface area contributed by atoms with E-state index in [0.717, 1.165) is 27.3 Å². The van der Waals surface area contributed by atoms with Crippen molar-refractivity contribution in [3.05, 3.63) is 69.5 Å². The number of aryl methyl sites for hydroxylation is 2. The predicted octanol–water partition coefficient (Wildman–Crippen LogP) is 4.40. The summed E-state index contributed by atoms with van der Waals surface area (Å²) in [6.45, 7) is 3.90. The third-order valence-electron chi connectivity index (χ3n) is 3.35. The first-order valence-corrected chi connectivity index (χ1v) is 6.60. The molecule has 0 radical (unpaired) electrons. The average Bonchev–Trinajstić information content (AvgIpc) is 2.37. The Bertz CT molecular complexity index is 595. The Labute approximate surface area is 118 Å². The van der Waals surface area contributed by atoms with Crippen LogP contribution in [0.25, 0.3) is 0 Å². The molecule has 19 heavy (non-hydrogen) atoms. The van der Waals surface area contributed by atoms with Gasteiger partial charge in [-0.3, -0.25) is 0 Å². The van der Waals surface area contributed by atoms with Crippen LogP contribution in [-0.4, -0.2) is 7.05 Å². The van der Waals surface area contributed by atoms with Crippen LogP contribution >= 0.6 is 11.6 Å². The van der Waals surface area contributed by atoms with Crippen molar-refractivity contribution >= 4 is 11.6 Å². The minimum absolute atomic E-state index is 0.0385. The first kappa shape index (κ1) is 14.0. The fraction of sp³-hybridized carbons (Fsp3) is 0.250. The van der Waals surface area contributed by atoms with Gasteiger partial charge in [-0.1, -0.05) is 29.8 Å². The van der Waals surface area contributed by atoms with Gasteiger partial charge < -0.3 is 5.32 Å². The Balaban J connectivity index is 2.46. The van der Waals surface area contributed by atoms with Gasteiger partial charge in [0, 0.05) is 5.02 Å². The van der Waals surface area contributed by atoms with Crippen molar-refractivity contribution in [1.82, 2.24) is 5.32 Å². The molecule has 0 heterocycles. The molecule has 1 nitrogen and oxygen atoms in total. The molecular formula is C16H17ClFN. The van der Waals surface area contributed by atoms with Crippen molar-refractivity contribution in [3.8, 4) is 0 Å². The molecular weight excluding hydrogens is 261 g/mol. The lowest BCUT2D eigenvalue weighted by atomic mass is 9.94. The molecule has 0 fully saturated rings. The molecule has 100 valence electrons. The van der Waals surface area contributed by atoms with Crippen molar-refractivity contribution in [2.75, 3.05) is 7.05 Å². The minimum Gasteiger partial charge on any atom is -0.309 e. The molecule has 0 bridgehead atoms. The summed E-state index contributed by atoms with van der Waals surface area (Å²) < 4.78 is 13.2. The third-order valence-corrected chi connectivity index (χ3v) is 3.77. The zero-order valence-electron chi connectivity index (χ0n) is 11.3. The first-order valence-electron chi connectivity index (χ1n) is 6.22. The second-order valence-electron chi connectivity index (χ2n) is 4.73. The Morgan fingerprint density at radius 2 is 1.79 bits per heavy atom. The number of benzene rings is 2. The van der Waals surface area contributed by atoms with Crippen LogP contribution in [0.15, 0.2) is 36.4 Å². The summed E-state index contributed by atoms with van der Waals surface area (Å²) >= 11 is 6.06. The van der Waals surface area contributed by atoms with E-state index in [1.165, 1.54) is 6.07 Å². The number of hydrogen-bond acceptors (Lipinski definition) is 1. The SMILES string of the molecule is CNC(c1ccc(Cl)c(C)c1)c1ccc(F)cc1C. The zero-order valence-corrected chi connectivity index (χ0v) is 12.1. The average molecular weight is 278 g/mol. The molecule has 0 amide bonds. The zero-order chi connectivity index (χ0) is 14.0. The van der Waals surface area contributed by atoms with E-state index in [-0.39, 0.29) is 11.9 Å². The van der Waals surface area contributed by atoms with Crippen LogP contribution in [0.4, 0.5) is 4.39 Å². The fourth-order valence-corrected chi connectivity index (χ4v) is 2.43. The molecule has 0 aliphatic heterocycles. The van der Waals surface area contributed by atoms with Crippen LogP contribution in [0.3, 0.4) is 0 Å². The molecule has 2 aromatic rings. The van der Waals surface area contributed by atoms with Gasteiger partial charge in [0.2, 0.25) is 0 Å². The lowest BCUT2D eigenvalue weighted by Gasteiger charge is -2.20. The van der Waals surface area contributed by atoms with Gasteiger partial charge in [0.1, 0.15) is 5.82 Å². The maximum Gasteiger partial charge on any atom is 0.123 e. The monoisotopic (exact) mass is 277 g/mol. The first-order chi connectivity index (χ1) is 9.02. The quantitative estimate of drug-likeness (QED) is 0.876. The van der Waals surface area contributed by atoms with Crippen molar-refractivity contribution in [1.29, 1.82) is 0 Å². The van der Waals surface area contributed by atoms with Crippen LogP contribution in [-0.2, 0) is 0 Å². The van der Waals surface area contributed by atoms with E-state index >= 15 is 0 Å². The van der Waals surface area contributed by atoms with Gasteiger partial charge in [0.05, 0.1) is 6.04 Å². The molecule has 0 aliphatic carbocycles. The second-order valence-corrected chi connectivity index (χ2v) is 5.14. The summed E-state index contributed by atoms with van der Waals surface area (Å²) in [5.74, 6) is -0.205. The molecule has 1 unspecified atom stereocenters. The molecule has 2 rings (SSSR count). The Morgan fingerprint density at radius 1 is 1.05 bits per heavy atom. The van der Waals surface area contributed by atoms with E-state index < -0.39 is 0 Å².